The fraction of sp³-hybridized carbons (Fsp3) is 0.615. The van der Waals surface area contributed by atoms with Crippen LogP contribution >= 0.6 is 11.8 Å². The van der Waals surface area contributed by atoms with Gasteiger partial charge in [-0.1, -0.05) is 17.7 Å². The molecule has 1 aromatic rings. The highest BCUT2D eigenvalue weighted by atomic mass is 32.2. The SMILES string of the molecule is CSCC[C@H](NC(=O)OC(C)(C)C)C(=O)N1CCC(C(=O)N[C@@H](C)C(=O)Nc2ccc(C)cc2)CC1. The van der Waals surface area contributed by atoms with Gasteiger partial charge in [-0.15, -0.1) is 0 Å². The van der Waals surface area contributed by atoms with Gasteiger partial charge in [0.2, 0.25) is 17.7 Å². The lowest BCUT2D eigenvalue weighted by Gasteiger charge is -2.34. The molecule has 10 heteroatoms. The summed E-state index contributed by atoms with van der Waals surface area (Å²) in [6.45, 7) is 9.75. The van der Waals surface area contributed by atoms with Crippen molar-refractivity contribution in [3.8, 4) is 0 Å². The number of hydrogen-bond donors (Lipinski definition) is 3. The summed E-state index contributed by atoms with van der Waals surface area (Å²) in [5, 5.41) is 8.31. The van der Waals surface area contributed by atoms with Crippen molar-refractivity contribution in [2.45, 2.75) is 71.6 Å². The van der Waals surface area contributed by atoms with E-state index in [1.807, 2.05) is 37.4 Å². The van der Waals surface area contributed by atoms with E-state index >= 15 is 0 Å². The fourth-order valence-electron chi connectivity index (χ4n) is 3.81. The van der Waals surface area contributed by atoms with Gasteiger partial charge >= 0.3 is 6.09 Å². The summed E-state index contributed by atoms with van der Waals surface area (Å²) in [5.74, 6) is -0.218. The highest BCUT2D eigenvalue weighted by Crippen LogP contribution is 2.20. The number of rotatable bonds is 9. The predicted molar refractivity (Wildman–Crippen MR) is 143 cm³/mol. The molecule has 0 radical (unpaired) electrons. The zero-order valence-corrected chi connectivity index (χ0v) is 23.0. The fourth-order valence-corrected chi connectivity index (χ4v) is 4.28. The molecule has 0 aliphatic carbocycles. The second kappa shape index (κ2) is 13.5. The smallest absolute Gasteiger partial charge is 0.408 e. The van der Waals surface area contributed by atoms with E-state index in [-0.39, 0.29) is 23.6 Å². The maximum atomic E-state index is 13.1. The monoisotopic (exact) mass is 520 g/mol. The van der Waals surface area contributed by atoms with Crippen LogP contribution < -0.4 is 16.0 Å². The second-order valence-corrected chi connectivity index (χ2v) is 11.2. The first-order valence-corrected chi connectivity index (χ1v) is 13.7. The molecule has 9 nitrogen and oxygen atoms in total. The van der Waals surface area contributed by atoms with E-state index in [9.17, 15) is 19.2 Å². The van der Waals surface area contributed by atoms with E-state index in [2.05, 4.69) is 16.0 Å². The molecule has 0 spiro atoms. The quantitative estimate of drug-likeness (QED) is 0.460. The molecule has 1 fully saturated rings. The van der Waals surface area contributed by atoms with E-state index in [0.29, 0.717) is 43.8 Å². The zero-order valence-electron chi connectivity index (χ0n) is 22.2. The van der Waals surface area contributed by atoms with Crippen LogP contribution in [0.1, 0.15) is 52.5 Å². The molecule has 0 saturated carbocycles. The van der Waals surface area contributed by atoms with Crippen LogP contribution in [-0.2, 0) is 19.1 Å². The largest absolute Gasteiger partial charge is 0.444 e. The van der Waals surface area contributed by atoms with Crippen LogP contribution in [-0.4, -0.2) is 71.5 Å². The lowest BCUT2D eigenvalue weighted by Crippen LogP contribution is -2.53. The average Bonchev–Trinajstić information content (AvgIpc) is 2.81. The molecular formula is C26H40N4O5S. The number of carbonyl (C=O) groups excluding carboxylic acids is 4. The van der Waals surface area contributed by atoms with E-state index in [1.165, 1.54) is 0 Å². The van der Waals surface area contributed by atoms with Gasteiger partial charge < -0.3 is 25.6 Å². The predicted octanol–water partition coefficient (Wildman–Crippen LogP) is 3.32. The lowest BCUT2D eigenvalue weighted by molar-refractivity contribution is -0.137. The van der Waals surface area contributed by atoms with E-state index in [1.54, 1.807) is 44.4 Å². The van der Waals surface area contributed by atoms with Crippen LogP contribution in [0.2, 0.25) is 0 Å². The number of ether oxygens (including phenoxy) is 1. The third-order valence-electron chi connectivity index (χ3n) is 5.85. The first kappa shape index (κ1) is 29.5. The molecule has 1 aliphatic heterocycles. The highest BCUT2D eigenvalue weighted by molar-refractivity contribution is 7.98. The molecule has 1 saturated heterocycles. The van der Waals surface area contributed by atoms with Gasteiger partial charge in [-0.05, 0) is 78.0 Å². The number of anilines is 1. The van der Waals surface area contributed by atoms with Crippen molar-refractivity contribution < 1.29 is 23.9 Å². The number of piperidine rings is 1. The van der Waals surface area contributed by atoms with E-state index < -0.39 is 23.8 Å². The molecule has 1 aromatic carbocycles. The molecule has 4 amide bonds. The van der Waals surface area contributed by atoms with Crippen LogP contribution in [0, 0.1) is 12.8 Å². The summed E-state index contributed by atoms with van der Waals surface area (Å²) >= 11 is 1.60. The summed E-state index contributed by atoms with van der Waals surface area (Å²) in [5.41, 5.74) is 1.11. The summed E-state index contributed by atoms with van der Waals surface area (Å²) in [6, 6.07) is 6.08. The van der Waals surface area contributed by atoms with Crippen LogP contribution in [0.5, 0.6) is 0 Å². The van der Waals surface area contributed by atoms with Gasteiger partial charge in [0.15, 0.2) is 0 Å². The van der Waals surface area contributed by atoms with Gasteiger partial charge in [0.05, 0.1) is 0 Å². The minimum atomic E-state index is -0.688. The Kier molecular flexibility index (Phi) is 11.1. The number of hydrogen-bond acceptors (Lipinski definition) is 6. The van der Waals surface area contributed by atoms with Gasteiger partial charge in [0.1, 0.15) is 17.7 Å². The number of amides is 4. The molecule has 0 bridgehead atoms. The number of alkyl carbamates (subject to hydrolysis) is 1. The normalized spacial score (nSPS) is 16.0. The second-order valence-electron chi connectivity index (χ2n) is 10.2. The standard InChI is InChI=1S/C26H40N4O5S/c1-17-7-9-20(10-8-17)28-22(31)18(2)27-23(32)19-11-14-30(15-12-19)24(33)21(13-16-36-6)29-25(34)35-26(3,4)5/h7-10,18-19,21H,11-16H2,1-6H3,(H,27,32)(H,28,31)(H,29,34)/t18-,21-/m0/s1. The van der Waals surface area contributed by atoms with Crippen molar-refractivity contribution in [2.24, 2.45) is 5.92 Å². The molecular weight excluding hydrogens is 480 g/mol. The van der Waals surface area contributed by atoms with Crippen molar-refractivity contribution in [1.29, 1.82) is 0 Å². The molecule has 0 aromatic heterocycles. The van der Waals surface area contributed by atoms with Crippen LogP contribution in [0.4, 0.5) is 10.5 Å². The molecule has 2 rings (SSSR count). The lowest BCUT2D eigenvalue weighted by atomic mass is 9.95. The van der Waals surface area contributed by atoms with Crippen molar-refractivity contribution in [2.75, 3.05) is 30.4 Å². The van der Waals surface area contributed by atoms with Crippen LogP contribution in [0.25, 0.3) is 0 Å². The van der Waals surface area contributed by atoms with Gasteiger partial charge in [-0.3, -0.25) is 14.4 Å². The van der Waals surface area contributed by atoms with Crippen molar-refractivity contribution in [1.82, 2.24) is 15.5 Å². The summed E-state index contributed by atoms with van der Waals surface area (Å²) in [7, 11) is 0. The number of likely N-dealkylation sites (tertiary alicyclic amines) is 1. The summed E-state index contributed by atoms with van der Waals surface area (Å²) < 4.78 is 5.32. The summed E-state index contributed by atoms with van der Waals surface area (Å²) in [4.78, 5) is 52.3. The first-order valence-electron chi connectivity index (χ1n) is 12.3. The molecule has 1 heterocycles. The molecule has 0 unspecified atom stereocenters. The van der Waals surface area contributed by atoms with E-state index in [4.69, 9.17) is 4.74 Å². The number of carbonyl (C=O) groups is 4. The van der Waals surface area contributed by atoms with E-state index in [0.717, 1.165) is 5.56 Å². The Morgan fingerprint density at radius 3 is 2.25 bits per heavy atom. The number of benzene rings is 1. The topological polar surface area (TPSA) is 117 Å². The van der Waals surface area contributed by atoms with Crippen molar-refractivity contribution in [3.63, 3.8) is 0 Å². The maximum absolute atomic E-state index is 13.1. The number of thioether (sulfide) groups is 1. The Morgan fingerprint density at radius 2 is 1.69 bits per heavy atom. The zero-order chi connectivity index (χ0) is 26.9. The maximum Gasteiger partial charge on any atom is 0.408 e. The third kappa shape index (κ3) is 9.72. The van der Waals surface area contributed by atoms with Gasteiger partial charge in [0, 0.05) is 24.7 Å². The molecule has 36 heavy (non-hydrogen) atoms. The van der Waals surface area contributed by atoms with Crippen LogP contribution in [0.3, 0.4) is 0 Å². The van der Waals surface area contributed by atoms with Gasteiger partial charge in [-0.2, -0.15) is 11.8 Å². The van der Waals surface area contributed by atoms with Crippen LogP contribution in [0.15, 0.2) is 24.3 Å². The Bertz CT molecular complexity index is 908. The minimum Gasteiger partial charge on any atom is -0.444 e. The number of nitrogens with one attached hydrogen (secondary N) is 3. The molecule has 1 aliphatic rings. The highest BCUT2D eigenvalue weighted by Gasteiger charge is 2.33. The third-order valence-corrected chi connectivity index (χ3v) is 6.49. The minimum absolute atomic E-state index is 0.167. The first-order chi connectivity index (χ1) is 16.9. The molecule has 2 atom stereocenters. The molecule has 3 N–H and O–H groups in total. The van der Waals surface area contributed by atoms with Crippen molar-refractivity contribution in [3.05, 3.63) is 29.8 Å². The summed E-state index contributed by atoms with van der Waals surface area (Å²) in [6.07, 6.45) is 2.81. The Labute approximate surface area is 218 Å². The Hall–Kier alpha value is -2.75. The Morgan fingerprint density at radius 1 is 1.08 bits per heavy atom. The number of nitrogens with zero attached hydrogens (tertiary/aromatic N) is 1. The van der Waals surface area contributed by atoms with Gasteiger partial charge in [-0.25, -0.2) is 4.79 Å². The molecule has 200 valence electrons. The number of aryl methyl sites for hydroxylation is 1. The Balaban J connectivity index is 1.86. The van der Waals surface area contributed by atoms with Gasteiger partial charge in [0.25, 0.3) is 0 Å². The average molecular weight is 521 g/mol. The van der Waals surface area contributed by atoms with Crippen molar-refractivity contribution >= 4 is 41.3 Å².